The lowest BCUT2D eigenvalue weighted by molar-refractivity contribution is 0.0582. The molecule has 0 spiro atoms. The monoisotopic (exact) mass is 274 g/mol. The van der Waals surface area contributed by atoms with Crippen LogP contribution in [0.25, 0.3) is 0 Å². The summed E-state index contributed by atoms with van der Waals surface area (Å²) in [4.78, 5) is 14.7. The summed E-state index contributed by atoms with van der Waals surface area (Å²) in [5.41, 5.74) is 3.22. The van der Waals surface area contributed by atoms with Gasteiger partial charge in [0.15, 0.2) is 0 Å². The molecular formula is C17H26N2O. The predicted molar refractivity (Wildman–Crippen MR) is 84.3 cm³/mol. The number of amides is 1. The van der Waals surface area contributed by atoms with E-state index in [0.717, 1.165) is 42.9 Å². The van der Waals surface area contributed by atoms with Crippen LogP contribution in [0.15, 0.2) is 18.2 Å². The molecule has 0 aliphatic carbocycles. The average Bonchev–Trinajstić information content (AvgIpc) is 2.37. The summed E-state index contributed by atoms with van der Waals surface area (Å²) >= 11 is 0. The second-order valence-corrected chi connectivity index (χ2v) is 6.55. The number of anilines is 1. The van der Waals surface area contributed by atoms with E-state index < -0.39 is 0 Å². The lowest BCUT2D eigenvalue weighted by Gasteiger charge is -2.38. The zero-order chi connectivity index (χ0) is 14.8. The Hall–Kier alpha value is -1.51. The first-order valence-electron chi connectivity index (χ1n) is 7.57. The van der Waals surface area contributed by atoms with Crippen LogP contribution in [0.5, 0.6) is 0 Å². The maximum absolute atomic E-state index is 12.7. The zero-order valence-corrected chi connectivity index (χ0v) is 13.1. The van der Waals surface area contributed by atoms with Gasteiger partial charge in [0.1, 0.15) is 0 Å². The van der Waals surface area contributed by atoms with Crippen LogP contribution in [-0.4, -0.2) is 30.4 Å². The average molecular weight is 274 g/mol. The number of hydrogen-bond acceptors (Lipinski definition) is 2. The van der Waals surface area contributed by atoms with E-state index in [4.69, 9.17) is 0 Å². The molecule has 1 aromatic rings. The third-order valence-electron chi connectivity index (χ3n) is 4.03. The lowest BCUT2D eigenvalue weighted by atomic mass is 9.84. The molecule has 2 rings (SSSR count). The van der Waals surface area contributed by atoms with E-state index in [1.165, 1.54) is 6.42 Å². The highest BCUT2D eigenvalue weighted by Crippen LogP contribution is 2.29. The van der Waals surface area contributed by atoms with Crippen molar-refractivity contribution < 1.29 is 4.79 Å². The molecule has 0 radical (unpaired) electrons. The van der Waals surface area contributed by atoms with Gasteiger partial charge in [-0.05, 0) is 55.9 Å². The van der Waals surface area contributed by atoms with Crippen LogP contribution in [0.2, 0.25) is 0 Å². The van der Waals surface area contributed by atoms with Gasteiger partial charge in [0, 0.05) is 30.9 Å². The molecule has 1 aliphatic heterocycles. The molecule has 1 amide bonds. The molecular weight excluding hydrogens is 248 g/mol. The predicted octanol–water partition coefficient (Wildman–Crippen LogP) is 3.69. The van der Waals surface area contributed by atoms with Crippen LogP contribution in [0.1, 0.15) is 49.5 Å². The Morgan fingerprint density at radius 3 is 2.75 bits per heavy atom. The second-order valence-electron chi connectivity index (χ2n) is 6.55. The molecule has 3 nitrogen and oxygen atoms in total. The molecule has 0 aromatic heterocycles. The van der Waals surface area contributed by atoms with Crippen LogP contribution in [0.3, 0.4) is 0 Å². The molecule has 3 heteroatoms. The molecule has 0 bridgehead atoms. The normalized spacial score (nSPS) is 17.9. The van der Waals surface area contributed by atoms with Gasteiger partial charge >= 0.3 is 0 Å². The number of carbonyl (C=O) groups excluding carboxylic acids is 1. The van der Waals surface area contributed by atoms with Crippen molar-refractivity contribution >= 4 is 11.6 Å². The first kappa shape index (κ1) is 14.9. The Bertz CT molecular complexity index is 494. The summed E-state index contributed by atoms with van der Waals surface area (Å²) in [7, 11) is 0. The van der Waals surface area contributed by atoms with Gasteiger partial charge < -0.3 is 10.2 Å². The molecule has 0 unspecified atom stereocenters. The lowest BCUT2D eigenvalue weighted by Crippen LogP contribution is -2.43. The number of benzene rings is 1. The van der Waals surface area contributed by atoms with Crippen molar-refractivity contribution in [3.8, 4) is 0 Å². The van der Waals surface area contributed by atoms with Gasteiger partial charge in [0.25, 0.3) is 5.91 Å². The Kier molecular flexibility index (Phi) is 4.36. The summed E-state index contributed by atoms with van der Waals surface area (Å²) in [6, 6.07) is 6.02. The number of piperidine rings is 1. The van der Waals surface area contributed by atoms with Crippen molar-refractivity contribution in [2.45, 2.75) is 40.5 Å². The fraction of sp³-hybridized carbons (Fsp3) is 0.588. The molecule has 1 fully saturated rings. The summed E-state index contributed by atoms with van der Waals surface area (Å²) < 4.78 is 0. The van der Waals surface area contributed by atoms with Gasteiger partial charge in [-0.25, -0.2) is 0 Å². The molecule has 1 heterocycles. The van der Waals surface area contributed by atoms with Crippen LogP contribution in [-0.2, 0) is 0 Å². The molecule has 1 N–H and O–H groups in total. The van der Waals surface area contributed by atoms with Gasteiger partial charge in [0.2, 0.25) is 0 Å². The summed E-state index contributed by atoms with van der Waals surface area (Å²) in [6.07, 6.45) is 2.31. The van der Waals surface area contributed by atoms with Crippen molar-refractivity contribution in [2.24, 2.45) is 5.41 Å². The van der Waals surface area contributed by atoms with E-state index in [1.807, 2.05) is 24.0 Å². The van der Waals surface area contributed by atoms with Crippen molar-refractivity contribution in [1.82, 2.24) is 4.90 Å². The summed E-state index contributed by atoms with van der Waals surface area (Å²) in [5.74, 6) is 0.179. The molecule has 1 aliphatic rings. The second kappa shape index (κ2) is 5.86. The number of carbonyl (C=O) groups is 1. The largest absolute Gasteiger partial charge is 0.385 e. The smallest absolute Gasteiger partial charge is 0.254 e. The standard InChI is InChI=1S/C17H26N2O/c1-5-18-14-7-8-15(13(2)11-14)16(20)19-10-6-9-17(3,4)12-19/h7-8,11,18H,5-6,9-10,12H2,1-4H3. The molecule has 20 heavy (non-hydrogen) atoms. The highest BCUT2D eigenvalue weighted by atomic mass is 16.2. The van der Waals surface area contributed by atoms with Crippen LogP contribution in [0, 0.1) is 12.3 Å². The van der Waals surface area contributed by atoms with Gasteiger partial charge in [0.05, 0.1) is 0 Å². The number of nitrogens with zero attached hydrogens (tertiary/aromatic N) is 1. The Balaban J connectivity index is 2.16. The van der Waals surface area contributed by atoms with Gasteiger partial charge in [-0.1, -0.05) is 13.8 Å². The van der Waals surface area contributed by atoms with E-state index in [1.54, 1.807) is 0 Å². The number of likely N-dealkylation sites (tertiary alicyclic amines) is 1. The SMILES string of the molecule is CCNc1ccc(C(=O)N2CCCC(C)(C)C2)c(C)c1. The minimum Gasteiger partial charge on any atom is -0.385 e. The van der Waals surface area contributed by atoms with Crippen molar-refractivity contribution in [1.29, 1.82) is 0 Å². The van der Waals surface area contributed by atoms with Crippen LogP contribution >= 0.6 is 0 Å². The van der Waals surface area contributed by atoms with E-state index in [-0.39, 0.29) is 11.3 Å². The first-order chi connectivity index (χ1) is 9.43. The fourth-order valence-electron chi connectivity index (χ4n) is 2.98. The minimum absolute atomic E-state index is 0.179. The molecule has 1 saturated heterocycles. The quantitative estimate of drug-likeness (QED) is 0.911. The van der Waals surface area contributed by atoms with E-state index >= 15 is 0 Å². The number of rotatable bonds is 3. The number of nitrogens with one attached hydrogen (secondary N) is 1. The van der Waals surface area contributed by atoms with E-state index in [9.17, 15) is 4.79 Å². The van der Waals surface area contributed by atoms with Crippen LogP contribution in [0.4, 0.5) is 5.69 Å². The Labute approximate surface area is 122 Å². The van der Waals surface area contributed by atoms with Crippen molar-refractivity contribution in [3.05, 3.63) is 29.3 Å². The summed E-state index contributed by atoms with van der Waals surface area (Å²) in [6.45, 7) is 11.2. The summed E-state index contributed by atoms with van der Waals surface area (Å²) in [5, 5.41) is 3.28. The topological polar surface area (TPSA) is 32.3 Å². The first-order valence-corrected chi connectivity index (χ1v) is 7.57. The van der Waals surface area contributed by atoms with Crippen molar-refractivity contribution in [3.63, 3.8) is 0 Å². The Morgan fingerprint density at radius 2 is 2.15 bits per heavy atom. The van der Waals surface area contributed by atoms with Gasteiger partial charge in [-0.15, -0.1) is 0 Å². The molecule has 0 saturated carbocycles. The number of hydrogen-bond donors (Lipinski definition) is 1. The highest BCUT2D eigenvalue weighted by molar-refractivity contribution is 5.96. The molecule has 1 aromatic carbocycles. The number of aryl methyl sites for hydroxylation is 1. The van der Waals surface area contributed by atoms with Crippen LogP contribution < -0.4 is 5.32 Å². The fourth-order valence-corrected chi connectivity index (χ4v) is 2.98. The van der Waals surface area contributed by atoms with E-state index in [2.05, 4.69) is 32.2 Å². The minimum atomic E-state index is 0.179. The maximum Gasteiger partial charge on any atom is 0.254 e. The maximum atomic E-state index is 12.7. The Morgan fingerprint density at radius 1 is 1.40 bits per heavy atom. The molecule has 110 valence electrons. The van der Waals surface area contributed by atoms with Gasteiger partial charge in [-0.3, -0.25) is 4.79 Å². The zero-order valence-electron chi connectivity index (χ0n) is 13.1. The van der Waals surface area contributed by atoms with E-state index in [0.29, 0.717) is 0 Å². The molecule has 0 atom stereocenters. The van der Waals surface area contributed by atoms with Crippen molar-refractivity contribution in [2.75, 3.05) is 25.0 Å². The highest BCUT2D eigenvalue weighted by Gasteiger charge is 2.29. The van der Waals surface area contributed by atoms with Gasteiger partial charge in [-0.2, -0.15) is 0 Å². The third kappa shape index (κ3) is 3.33. The third-order valence-corrected chi connectivity index (χ3v) is 4.03.